The first-order valence-electron chi connectivity index (χ1n) is 6.77. The van der Waals surface area contributed by atoms with Crippen LogP contribution in [0.5, 0.6) is 0 Å². The molecule has 3 rings (SSSR count). The fourth-order valence-corrected chi connectivity index (χ4v) is 2.58. The first-order chi connectivity index (χ1) is 10.6. The molecule has 0 aromatic carbocycles. The Bertz CT molecular complexity index is 656. The normalized spacial score (nSPS) is 15.0. The van der Waals surface area contributed by atoms with Crippen LogP contribution in [0.3, 0.4) is 0 Å². The average molecular weight is 383 g/mol. The number of halogens is 2. The minimum atomic E-state index is -0.0273. The number of amides is 1. The number of hydrogen-bond acceptors (Lipinski definition) is 5. The summed E-state index contributed by atoms with van der Waals surface area (Å²) in [7, 11) is 0. The third-order valence-electron chi connectivity index (χ3n) is 3.43. The van der Waals surface area contributed by atoms with Crippen molar-refractivity contribution in [3.8, 4) is 0 Å². The Labute approximate surface area is 141 Å². The molecule has 8 heteroatoms. The van der Waals surface area contributed by atoms with E-state index in [0.717, 1.165) is 4.47 Å². The van der Waals surface area contributed by atoms with E-state index in [1.54, 1.807) is 29.4 Å². The number of carbonyl (C=O) groups excluding carboxylic acids is 1. The van der Waals surface area contributed by atoms with Crippen molar-refractivity contribution in [2.45, 2.75) is 0 Å². The first kappa shape index (κ1) is 15.2. The van der Waals surface area contributed by atoms with Crippen LogP contribution in [0, 0.1) is 0 Å². The van der Waals surface area contributed by atoms with Crippen molar-refractivity contribution >= 4 is 39.4 Å². The standard InChI is InChI=1S/C14H13BrClN5O/c15-11-8-18-14(19-9-11)21-5-3-20(4-6-21)13(22)10-1-2-12(16)17-7-10/h1-2,7-9H,3-6H2. The van der Waals surface area contributed by atoms with Crippen molar-refractivity contribution in [3.63, 3.8) is 0 Å². The largest absolute Gasteiger partial charge is 0.337 e. The molecule has 2 aromatic rings. The summed E-state index contributed by atoms with van der Waals surface area (Å²) in [5.74, 6) is 0.656. The molecule has 1 fully saturated rings. The Balaban J connectivity index is 1.62. The lowest BCUT2D eigenvalue weighted by molar-refractivity contribution is 0.0746. The van der Waals surface area contributed by atoms with E-state index >= 15 is 0 Å². The summed E-state index contributed by atoms with van der Waals surface area (Å²) >= 11 is 9.06. The van der Waals surface area contributed by atoms with Crippen LogP contribution in [0.15, 0.2) is 35.2 Å². The summed E-state index contributed by atoms with van der Waals surface area (Å²) in [5.41, 5.74) is 0.553. The molecule has 0 N–H and O–H groups in total. The van der Waals surface area contributed by atoms with E-state index in [1.165, 1.54) is 6.20 Å². The van der Waals surface area contributed by atoms with Gasteiger partial charge in [0.25, 0.3) is 5.91 Å². The van der Waals surface area contributed by atoms with E-state index in [9.17, 15) is 4.79 Å². The number of piperazine rings is 1. The number of nitrogens with zero attached hydrogens (tertiary/aromatic N) is 5. The van der Waals surface area contributed by atoms with Crippen LogP contribution in [-0.2, 0) is 0 Å². The minimum Gasteiger partial charge on any atom is -0.337 e. The van der Waals surface area contributed by atoms with Crippen LogP contribution >= 0.6 is 27.5 Å². The second kappa shape index (κ2) is 6.58. The van der Waals surface area contributed by atoms with E-state index in [-0.39, 0.29) is 5.91 Å². The van der Waals surface area contributed by atoms with Gasteiger partial charge < -0.3 is 9.80 Å². The smallest absolute Gasteiger partial charge is 0.255 e. The van der Waals surface area contributed by atoms with Gasteiger partial charge in [0.2, 0.25) is 5.95 Å². The Kier molecular flexibility index (Phi) is 4.54. The fourth-order valence-electron chi connectivity index (χ4n) is 2.26. The van der Waals surface area contributed by atoms with Gasteiger partial charge in [-0.2, -0.15) is 0 Å². The third-order valence-corrected chi connectivity index (χ3v) is 4.06. The summed E-state index contributed by atoms with van der Waals surface area (Å²) in [6.45, 7) is 2.66. The van der Waals surface area contributed by atoms with Crippen LogP contribution < -0.4 is 4.90 Å². The zero-order valence-corrected chi connectivity index (χ0v) is 14.0. The highest BCUT2D eigenvalue weighted by molar-refractivity contribution is 9.10. The highest BCUT2D eigenvalue weighted by Crippen LogP contribution is 2.15. The lowest BCUT2D eigenvalue weighted by atomic mass is 10.2. The number of anilines is 1. The van der Waals surface area contributed by atoms with Gasteiger partial charge in [0.15, 0.2) is 0 Å². The first-order valence-corrected chi connectivity index (χ1v) is 7.94. The lowest BCUT2D eigenvalue weighted by Crippen LogP contribution is -2.49. The van der Waals surface area contributed by atoms with Gasteiger partial charge in [0.1, 0.15) is 5.15 Å². The second-order valence-corrected chi connectivity index (χ2v) is 6.15. The molecule has 114 valence electrons. The molecule has 0 spiro atoms. The number of hydrogen-bond donors (Lipinski definition) is 0. The molecule has 0 unspecified atom stereocenters. The fraction of sp³-hybridized carbons (Fsp3) is 0.286. The van der Waals surface area contributed by atoms with Gasteiger partial charge in [0, 0.05) is 44.8 Å². The number of pyridine rings is 1. The molecule has 0 saturated carbocycles. The van der Waals surface area contributed by atoms with Gasteiger partial charge >= 0.3 is 0 Å². The zero-order chi connectivity index (χ0) is 15.5. The summed E-state index contributed by atoms with van der Waals surface area (Å²) in [4.78, 5) is 28.8. The molecule has 22 heavy (non-hydrogen) atoms. The zero-order valence-electron chi connectivity index (χ0n) is 11.6. The van der Waals surface area contributed by atoms with E-state index < -0.39 is 0 Å². The number of carbonyl (C=O) groups is 1. The number of rotatable bonds is 2. The van der Waals surface area contributed by atoms with Gasteiger partial charge in [0.05, 0.1) is 10.0 Å². The monoisotopic (exact) mass is 381 g/mol. The third kappa shape index (κ3) is 3.36. The topological polar surface area (TPSA) is 62.2 Å². The molecule has 1 amide bonds. The lowest BCUT2D eigenvalue weighted by Gasteiger charge is -2.34. The molecule has 3 heterocycles. The quantitative estimate of drug-likeness (QED) is 0.746. The summed E-state index contributed by atoms with van der Waals surface area (Å²) in [5, 5.41) is 0.383. The number of aromatic nitrogens is 3. The average Bonchev–Trinajstić information content (AvgIpc) is 2.56. The van der Waals surface area contributed by atoms with Crippen molar-refractivity contribution in [2.24, 2.45) is 0 Å². The second-order valence-electron chi connectivity index (χ2n) is 4.85. The molecule has 1 aliphatic heterocycles. The van der Waals surface area contributed by atoms with Gasteiger partial charge in [-0.15, -0.1) is 0 Å². The molecule has 1 aliphatic rings. The van der Waals surface area contributed by atoms with Crippen molar-refractivity contribution < 1.29 is 4.79 Å². The Hall–Kier alpha value is -1.73. The van der Waals surface area contributed by atoms with E-state index in [1.807, 2.05) is 0 Å². The minimum absolute atomic E-state index is 0.0273. The Morgan fingerprint density at radius 2 is 1.73 bits per heavy atom. The van der Waals surface area contributed by atoms with Crippen LogP contribution in [0.25, 0.3) is 0 Å². The van der Waals surface area contributed by atoms with Crippen molar-refractivity contribution in [3.05, 3.63) is 45.9 Å². The Morgan fingerprint density at radius 1 is 1.05 bits per heavy atom. The molecule has 0 bridgehead atoms. The Morgan fingerprint density at radius 3 is 2.32 bits per heavy atom. The van der Waals surface area contributed by atoms with Gasteiger partial charge in [-0.25, -0.2) is 15.0 Å². The molecule has 0 aliphatic carbocycles. The molecule has 0 radical (unpaired) electrons. The van der Waals surface area contributed by atoms with Crippen LogP contribution in [-0.4, -0.2) is 51.9 Å². The van der Waals surface area contributed by atoms with Gasteiger partial charge in [-0.05, 0) is 28.1 Å². The highest BCUT2D eigenvalue weighted by Gasteiger charge is 2.23. The summed E-state index contributed by atoms with van der Waals surface area (Å²) in [6.07, 6.45) is 4.95. The van der Waals surface area contributed by atoms with Crippen molar-refractivity contribution in [1.82, 2.24) is 19.9 Å². The van der Waals surface area contributed by atoms with Crippen LogP contribution in [0.1, 0.15) is 10.4 Å². The van der Waals surface area contributed by atoms with Gasteiger partial charge in [-0.1, -0.05) is 11.6 Å². The van der Waals surface area contributed by atoms with E-state index in [2.05, 4.69) is 35.8 Å². The van der Waals surface area contributed by atoms with Gasteiger partial charge in [-0.3, -0.25) is 4.79 Å². The maximum Gasteiger partial charge on any atom is 0.255 e. The molecular formula is C14H13BrClN5O. The summed E-state index contributed by atoms with van der Waals surface area (Å²) < 4.78 is 0.848. The maximum atomic E-state index is 12.4. The van der Waals surface area contributed by atoms with Crippen LogP contribution in [0.2, 0.25) is 5.15 Å². The highest BCUT2D eigenvalue weighted by atomic mass is 79.9. The predicted octanol–water partition coefficient (Wildman–Crippen LogP) is 2.25. The van der Waals surface area contributed by atoms with Crippen LogP contribution in [0.4, 0.5) is 5.95 Å². The van der Waals surface area contributed by atoms with Crippen molar-refractivity contribution in [1.29, 1.82) is 0 Å². The maximum absolute atomic E-state index is 12.4. The molecule has 2 aromatic heterocycles. The van der Waals surface area contributed by atoms with E-state index in [4.69, 9.17) is 11.6 Å². The molecule has 6 nitrogen and oxygen atoms in total. The molecular weight excluding hydrogens is 370 g/mol. The molecule has 0 atom stereocenters. The summed E-state index contributed by atoms with van der Waals surface area (Å²) in [6, 6.07) is 3.32. The SMILES string of the molecule is O=C(c1ccc(Cl)nc1)N1CCN(c2ncc(Br)cn2)CC1. The molecule has 1 saturated heterocycles. The predicted molar refractivity (Wildman–Crippen MR) is 87.1 cm³/mol. The van der Waals surface area contributed by atoms with Crippen molar-refractivity contribution in [2.75, 3.05) is 31.1 Å². The van der Waals surface area contributed by atoms with E-state index in [0.29, 0.717) is 42.8 Å².